The number of phosphoric ester groups is 1. The molecule has 0 radical (unpaired) electrons. The summed E-state index contributed by atoms with van der Waals surface area (Å²) < 4.78 is 23.8. The predicted octanol–water partition coefficient (Wildman–Crippen LogP) is 20.5. The highest BCUT2D eigenvalue weighted by Gasteiger charge is 2.27. The number of phosphoric acid groups is 1. The van der Waals surface area contributed by atoms with Crippen molar-refractivity contribution in [2.24, 2.45) is 0 Å². The van der Waals surface area contributed by atoms with Gasteiger partial charge < -0.3 is 19.8 Å². The normalized spacial score (nSPS) is 14.4. The second kappa shape index (κ2) is 59.1. The van der Waals surface area contributed by atoms with Gasteiger partial charge in [0.25, 0.3) is 0 Å². The Hall–Kier alpha value is -2.58. The number of aliphatic hydroxyl groups excluding tert-OH is 1. The maximum absolute atomic E-state index is 13.0. The molecule has 0 aliphatic heterocycles. The smallest absolute Gasteiger partial charge is 0.387 e. The van der Waals surface area contributed by atoms with E-state index >= 15 is 0 Å². The zero-order valence-electron chi connectivity index (χ0n) is 51.6. The van der Waals surface area contributed by atoms with Crippen LogP contribution >= 0.6 is 7.82 Å². The lowest BCUT2D eigenvalue weighted by molar-refractivity contribution is -0.870. The molecule has 0 spiro atoms. The van der Waals surface area contributed by atoms with Gasteiger partial charge in [0, 0.05) is 6.42 Å². The zero-order valence-corrected chi connectivity index (χ0v) is 52.5. The van der Waals surface area contributed by atoms with Crippen LogP contribution in [0.3, 0.4) is 0 Å². The average Bonchev–Trinajstić information content (AvgIpc) is 3.41. The van der Waals surface area contributed by atoms with E-state index < -0.39 is 20.0 Å². The number of likely N-dealkylation sites (N-methyl/N-ethyl adjacent to an activating group) is 1. The van der Waals surface area contributed by atoms with Crippen molar-refractivity contribution in [1.82, 2.24) is 5.32 Å². The lowest BCUT2D eigenvalue weighted by Crippen LogP contribution is -2.45. The topological polar surface area (TPSA) is 105 Å². The summed E-state index contributed by atoms with van der Waals surface area (Å²) in [6, 6.07) is -0.878. The number of rotatable bonds is 59. The Balaban J connectivity index is 4.21. The third-order valence-corrected chi connectivity index (χ3v) is 15.2. The number of carbonyl (C=O) groups excluding carboxylic acids is 1. The molecular weight excluding hydrogens is 984 g/mol. The van der Waals surface area contributed by atoms with Crippen LogP contribution in [-0.2, 0) is 18.4 Å². The van der Waals surface area contributed by atoms with E-state index in [-0.39, 0.29) is 19.1 Å². The van der Waals surface area contributed by atoms with Gasteiger partial charge in [-0.1, -0.05) is 284 Å². The molecule has 78 heavy (non-hydrogen) atoms. The maximum Gasteiger partial charge on any atom is 0.472 e. The highest BCUT2D eigenvalue weighted by molar-refractivity contribution is 7.47. The summed E-state index contributed by atoms with van der Waals surface area (Å²) in [6.45, 7) is 4.69. The van der Waals surface area contributed by atoms with Gasteiger partial charge in [-0.2, -0.15) is 0 Å². The number of hydrogen-bond acceptors (Lipinski definition) is 5. The third-order valence-electron chi connectivity index (χ3n) is 14.3. The first-order valence-corrected chi connectivity index (χ1v) is 34.1. The van der Waals surface area contributed by atoms with Crippen LogP contribution in [0, 0.1) is 0 Å². The molecule has 3 N–H and O–H groups in total. The second-order valence-electron chi connectivity index (χ2n) is 23.1. The number of nitrogens with zero attached hydrogens (tertiary/aromatic N) is 1. The number of quaternary nitrogens is 1. The first-order chi connectivity index (χ1) is 38.0. The Labute approximate surface area is 483 Å². The summed E-state index contributed by atoms with van der Waals surface area (Å²) >= 11 is 0. The van der Waals surface area contributed by atoms with Crippen LogP contribution in [0.2, 0.25) is 0 Å². The van der Waals surface area contributed by atoms with Gasteiger partial charge in [-0.25, -0.2) is 4.57 Å². The van der Waals surface area contributed by atoms with Crippen LogP contribution in [-0.4, -0.2) is 73.4 Å². The molecule has 1 amide bonds. The molecule has 0 aromatic rings. The molecule has 9 heteroatoms. The molecule has 0 saturated heterocycles. The van der Waals surface area contributed by atoms with E-state index in [2.05, 4.69) is 104 Å². The fourth-order valence-electron chi connectivity index (χ4n) is 9.22. The summed E-state index contributed by atoms with van der Waals surface area (Å²) in [7, 11) is 1.54. The molecule has 0 rings (SSSR count). The number of amides is 1. The lowest BCUT2D eigenvalue weighted by Gasteiger charge is -2.25. The molecule has 0 aliphatic rings. The number of hydrogen-bond donors (Lipinski definition) is 3. The van der Waals surface area contributed by atoms with Gasteiger partial charge >= 0.3 is 7.82 Å². The fraction of sp³-hybridized carbons (Fsp3) is 0.754. The minimum Gasteiger partial charge on any atom is -0.387 e. The Morgan fingerprint density at radius 3 is 1.18 bits per heavy atom. The van der Waals surface area contributed by atoms with Gasteiger partial charge in [-0.3, -0.25) is 13.8 Å². The van der Waals surface area contributed by atoms with Gasteiger partial charge in [0.1, 0.15) is 13.2 Å². The molecular formula is C69H126N2O6P+. The van der Waals surface area contributed by atoms with Crippen LogP contribution in [0.1, 0.15) is 284 Å². The van der Waals surface area contributed by atoms with Crippen molar-refractivity contribution in [3.63, 3.8) is 0 Å². The number of nitrogens with one attached hydrogen (secondary N) is 1. The van der Waals surface area contributed by atoms with Crippen molar-refractivity contribution in [2.45, 2.75) is 296 Å². The first-order valence-electron chi connectivity index (χ1n) is 32.6. The number of unbranched alkanes of at least 4 members (excludes halogenated alkanes) is 32. The molecule has 0 saturated carbocycles. The lowest BCUT2D eigenvalue weighted by atomic mass is 10.0. The minimum atomic E-state index is -4.37. The average molecular weight is 1110 g/mol. The van der Waals surface area contributed by atoms with Gasteiger partial charge in [0.2, 0.25) is 5.91 Å². The van der Waals surface area contributed by atoms with Gasteiger partial charge in [0.15, 0.2) is 0 Å². The summed E-state index contributed by atoms with van der Waals surface area (Å²) in [6.07, 6.45) is 85.4. The highest BCUT2D eigenvalue weighted by atomic mass is 31.2. The van der Waals surface area contributed by atoms with Gasteiger partial charge in [-0.05, 0) is 89.9 Å². The monoisotopic (exact) mass is 1110 g/mol. The van der Waals surface area contributed by atoms with E-state index in [0.29, 0.717) is 17.4 Å². The third kappa shape index (κ3) is 61.0. The van der Waals surface area contributed by atoms with Crippen molar-refractivity contribution in [1.29, 1.82) is 0 Å². The van der Waals surface area contributed by atoms with Crippen molar-refractivity contribution in [2.75, 3.05) is 40.9 Å². The Morgan fingerprint density at radius 2 is 0.782 bits per heavy atom. The summed E-state index contributed by atoms with van der Waals surface area (Å²) in [4.78, 5) is 23.4. The SMILES string of the molecule is CC/C=C\C/C=C\C/C=C\C/C=C\C/C=C\CCCCCCCCCCCCCCCC(=O)NC(COP(=O)(O)OCC[N+](C)(C)C)C(O)/C=C/CC/C=C/CC/C=C/CCCCCCCCCCCCCCCCCCC. The molecule has 0 bridgehead atoms. The quantitative estimate of drug-likeness (QED) is 0.0243. The summed E-state index contributed by atoms with van der Waals surface area (Å²) in [5, 5.41) is 14.0. The number of allylic oxidation sites excluding steroid dienone is 15. The van der Waals surface area contributed by atoms with Gasteiger partial charge in [0.05, 0.1) is 39.9 Å². The summed E-state index contributed by atoms with van der Waals surface area (Å²) in [5.41, 5.74) is 0. The molecule has 0 aliphatic carbocycles. The van der Waals surface area contributed by atoms with E-state index in [4.69, 9.17) is 9.05 Å². The number of carbonyl (C=O) groups is 1. The zero-order chi connectivity index (χ0) is 57.0. The molecule has 3 atom stereocenters. The molecule has 3 unspecified atom stereocenters. The predicted molar refractivity (Wildman–Crippen MR) is 341 cm³/mol. The van der Waals surface area contributed by atoms with E-state index in [1.165, 1.54) is 186 Å². The largest absolute Gasteiger partial charge is 0.472 e. The molecule has 8 nitrogen and oxygen atoms in total. The van der Waals surface area contributed by atoms with E-state index in [9.17, 15) is 19.4 Å². The fourth-order valence-corrected chi connectivity index (χ4v) is 9.96. The molecule has 0 aromatic carbocycles. The minimum absolute atomic E-state index is 0.0497. The Bertz CT molecular complexity index is 1590. The standard InChI is InChI=1S/C69H125N2O6P/c1-6-8-10-12-14-16-18-20-22-24-26-28-30-32-34-35-37-39-41-43-45-47-49-51-53-55-57-59-61-63-69(73)70-67(66-77-78(74,75)76-65-64-71(3,4)5)68(72)62-60-58-56-54-52-50-48-46-44-42-40-38-36-33-31-29-27-25-23-21-19-17-15-13-11-9-7-2/h8,10,14,16,20,22,26,28,32,34,44,46,52,54,60,62,67-68,72H,6-7,9,11-13,15,17-19,21,23-25,27,29-31,33,35-43,45,47-51,53,55-59,61,63-66H2,1-5H3,(H-,70,73,74,75)/p+1/b10-8-,16-14-,22-20-,28-26-,34-32-,46-44+,54-52+,62-60+. The summed E-state index contributed by atoms with van der Waals surface area (Å²) in [5.74, 6) is -0.193. The van der Waals surface area contributed by atoms with Crippen LogP contribution in [0.25, 0.3) is 0 Å². The van der Waals surface area contributed by atoms with Crippen LogP contribution in [0.15, 0.2) is 97.2 Å². The van der Waals surface area contributed by atoms with Crippen molar-refractivity contribution in [3.8, 4) is 0 Å². The van der Waals surface area contributed by atoms with E-state index in [1.54, 1.807) is 6.08 Å². The van der Waals surface area contributed by atoms with Crippen LogP contribution < -0.4 is 5.32 Å². The Morgan fingerprint density at radius 1 is 0.449 bits per heavy atom. The maximum atomic E-state index is 13.0. The second-order valence-corrected chi connectivity index (χ2v) is 24.5. The van der Waals surface area contributed by atoms with Crippen LogP contribution in [0.4, 0.5) is 0 Å². The van der Waals surface area contributed by atoms with Crippen molar-refractivity contribution in [3.05, 3.63) is 97.2 Å². The van der Waals surface area contributed by atoms with Crippen molar-refractivity contribution < 1.29 is 32.9 Å². The first kappa shape index (κ1) is 75.4. The van der Waals surface area contributed by atoms with Crippen LogP contribution in [0.5, 0.6) is 0 Å². The van der Waals surface area contributed by atoms with Gasteiger partial charge in [-0.15, -0.1) is 0 Å². The van der Waals surface area contributed by atoms with Crippen molar-refractivity contribution >= 4 is 13.7 Å². The molecule has 0 heterocycles. The highest BCUT2D eigenvalue weighted by Crippen LogP contribution is 2.43. The molecule has 0 aromatic heterocycles. The Kier molecular flexibility index (Phi) is 57.1. The van der Waals surface area contributed by atoms with E-state index in [0.717, 1.165) is 77.0 Å². The molecule has 452 valence electrons. The number of aliphatic hydroxyl groups is 1. The van der Waals surface area contributed by atoms with E-state index in [1.807, 2.05) is 27.2 Å². The molecule has 0 fully saturated rings.